The molecule has 0 aliphatic carbocycles. The third kappa shape index (κ3) is 3.52. The molecule has 0 aliphatic heterocycles. The zero-order valence-electron chi connectivity index (χ0n) is 12.8. The Morgan fingerprint density at radius 2 is 1.95 bits per heavy atom. The third-order valence-electron chi connectivity index (χ3n) is 3.36. The van der Waals surface area contributed by atoms with Crippen LogP contribution in [0.25, 0.3) is 0 Å². The normalized spacial score (nSPS) is 12.2. The van der Waals surface area contributed by atoms with Gasteiger partial charge in [0.1, 0.15) is 5.75 Å². The molecule has 0 fully saturated rings. The Labute approximate surface area is 130 Å². The Morgan fingerprint density at radius 3 is 2.62 bits per heavy atom. The van der Waals surface area contributed by atoms with Gasteiger partial charge >= 0.3 is 0 Å². The van der Waals surface area contributed by atoms with Gasteiger partial charge in [-0.1, -0.05) is 18.5 Å². The number of aromatic nitrogens is 2. The van der Waals surface area contributed by atoms with Crippen molar-refractivity contribution in [2.24, 2.45) is 0 Å². The number of hydrogen-bond donors (Lipinski definition) is 1. The standard InChI is InChI=1S/C16H20ClN3O/c1-5-18-16(13-8-10(2)19-20-11(13)3)14-9-12(17)6-7-15(14)21-4/h6-9,16,18H,5H2,1-4H3. The van der Waals surface area contributed by atoms with E-state index in [-0.39, 0.29) is 6.04 Å². The summed E-state index contributed by atoms with van der Waals surface area (Å²) >= 11 is 6.17. The number of methoxy groups -OCH3 is 1. The molecule has 1 heterocycles. The van der Waals surface area contributed by atoms with Crippen molar-refractivity contribution in [3.05, 3.63) is 51.8 Å². The molecular formula is C16H20ClN3O. The second-order valence-electron chi connectivity index (χ2n) is 4.90. The number of nitrogens with one attached hydrogen (secondary N) is 1. The Hall–Kier alpha value is -1.65. The van der Waals surface area contributed by atoms with E-state index in [9.17, 15) is 0 Å². The molecular weight excluding hydrogens is 286 g/mol. The molecule has 1 unspecified atom stereocenters. The molecule has 2 aromatic rings. The van der Waals surface area contributed by atoms with Crippen LogP contribution in [0, 0.1) is 13.8 Å². The highest BCUT2D eigenvalue weighted by molar-refractivity contribution is 6.30. The van der Waals surface area contributed by atoms with E-state index in [0.717, 1.165) is 34.8 Å². The van der Waals surface area contributed by atoms with Crippen LogP contribution < -0.4 is 10.1 Å². The smallest absolute Gasteiger partial charge is 0.124 e. The highest BCUT2D eigenvalue weighted by Crippen LogP contribution is 2.33. The molecule has 1 aromatic carbocycles. The maximum Gasteiger partial charge on any atom is 0.124 e. The minimum absolute atomic E-state index is 0.0298. The number of ether oxygens (including phenoxy) is 1. The zero-order chi connectivity index (χ0) is 15.4. The van der Waals surface area contributed by atoms with Gasteiger partial charge in [-0.15, -0.1) is 0 Å². The lowest BCUT2D eigenvalue weighted by Crippen LogP contribution is -2.24. The fourth-order valence-corrected chi connectivity index (χ4v) is 2.57. The van der Waals surface area contributed by atoms with E-state index in [4.69, 9.17) is 16.3 Å². The Morgan fingerprint density at radius 1 is 1.19 bits per heavy atom. The summed E-state index contributed by atoms with van der Waals surface area (Å²) in [5.74, 6) is 0.805. The second kappa shape index (κ2) is 6.87. The van der Waals surface area contributed by atoms with E-state index >= 15 is 0 Å². The molecule has 2 rings (SSSR count). The first kappa shape index (κ1) is 15.7. The van der Waals surface area contributed by atoms with Crippen molar-refractivity contribution < 1.29 is 4.74 Å². The van der Waals surface area contributed by atoms with Crippen LogP contribution in [-0.2, 0) is 0 Å². The van der Waals surface area contributed by atoms with E-state index < -0.39 is 0 Å². The first-order chi connectivity index (χ1) is 10.1. The van der Waals surface area contributed by atoms with Gasteiger partial charge in [0.2, 0.25) is 0 Å². The number of aryl methyl sites for hydroxylation is 2. The van der Waals surface area contributed by atoms with Crippen molar-refractivity contribution >= 4 is 11.6 Å². The molecule has 0 bridgehead atoms. The lowest BCUT2D eigenvalue weighted by molar-refractivity contribution is 0.404. The number of benzene rings is 1. The molecule has 0 spiro atoms. The van der Waals surface area contributed by atoms with Crippen LogP contribution in [0.15, 0.2) is 24.3 Å². The van der Waals surface area contributed by atoms with Gasteiger partial charge in [-0.05, 0) is 50.2 Å². The van der Waals surface area contributed by atoms with Gasteiger partial charge in [0.25, 0.3) is 0 Å². The van der Waals surface area contributed by atoms with Crippen molar-refractivity contribution in [1.29, 1.82) is 0 Å². The van der Waals surface area contributed by atoms with Gasteiger partial charge in [0.15, 0.2) is 0 Å². The first-order valence-electron chi connectivity index (χ1n) is 6.94. The predicted molar refractivity (Wildman–Crippen MR) is 85.0 cm³/mol. The van der Waals surface area contributed by atoms with Gasteiger partial charge < -0.3 is 10.1 Å². The molecule has 1 aromatic heterocycles. The van der Waals surface area contributed by atoms with Gasteiger partial charge in [-0.2, -0.15) is 10.2 Å². The van der Waals surface area contributed by atoms with Gasteiger partial charge in [-0.3, -0.25) is 0 Å². The summed E-state index contributed by atoms with van der Waals surface area (Å²) in [6.07, 6.45) is 0. The van der Waals surface area contributed by atoms with E-state index in [0.29, 0.717) is 5.02 Å². The number of rotatable bonds is 5. The van der Waals surface area contributed by atoms with Crippen LogP contribution in [0.1, 0.15) is 35.5 Å². The lowest BCUT2D eigenvalue weighted by atomic mass is 9.96. The van der Waals surface area contributed by atoms with Crippen LogP contribution in [-0.4, -0.2) is 23.9 Å². The molecule has 5 heteroatoms. The lowest BCUT2D eigenvalue weighted by Gasteiger charge is -2.22. The SMILES string of the molecule is CCNC(c1cc(Cl)ccc1OC)c1cc(C)nnc1C. The summed E-state index contributed by atoms with van der Waals surface area (Å²) in [5, 5.41) is 12.5. The monoisotopic (exact) mass is 305 g/mol. The molecule has 1 atom stereocenters. The number of halogens is 1. The Bertz CT molecular complexity index is 631. The van der Waals surface area contributed by atoms with E-state index in [1.165, 1.54) is 0 Å². The third-order valence-corrected chi connectivity index (χ3v) is 3.60. The minimum atomic E-state index is -0.0298. The van der Waals surface area contributed by atoms with E-state index in [1.807, 2.05) is 32.0 Å². The largest absolute Gasteiger partial charge is 0.496 e. The quantitative estimate of drug-likeness (QED) is 0.919. The van der Waals surface area contributed by atoms with Gasteiger partial charge in [-0.25, -0.2) is 0 Å². The van der Waals surface area contributed by atoms with Crippen LogP contribution in [0.3, 0.4) is 0 Å². The fourth-order valence-electron chi connectivity index (χ4n) is 2.38. The maximum absolute atomic E-state index is 6.17. The molecule has 0 amide bonds. The molecule has 0 saturated carbocycles. The summed E-state index contributed by atoms with van der Waals surface area (Å²) in [7, 11) is 1.67. The predicted octanol–water partition coefficient (Wildman–Crippen LogP) is 3.45. The fraction of sp³-hybridized carbons (Fsp3) is 0.375. The summed E-state index contributed by atoms with van der Waals surface area (Å²) in [6.45, 7) is 6.79. The molecule has 1 N–H and O–H groups in total. The van der Waals surface area contributed by atoms with Crippen LogP contribution in [0.4, 0.5) is 0 Å². The zero-order valence-corrected chi connectivity index (χ0v) is 13.5. The summed E-state index contributed by atoms with van der Waals surface area (Å²) in [6, 6.07) is 7.67. The Balaban J connectivity index is 2.58. The van der Waals surface area contributed by atoms with Gasteiger partial charge in [0, 0.05) is 10.6 Å². The van der Waals surface area contributed by atoms with Crippen molar-refractivity contribution in [3.8, 4) is 5.75 Å². The molecule has 0 saturated heterocycles. The topological polar surface area (TPSA) is 47.0 Å². The average Bonchev–Trinajstić information content (AvgIpc) is 2.47. The number of hydrogen-bond acceptors (Lipinski definition) is 4. The van der Waals surface area contributed by atoms with Crippen molar-refractivity contribution in [3.63, 3.8) is 0 Å². The first-order valence-corrected chi connectivity index (χ1v) is 7.32. The Kier molecular flexibility index (Phi) is 5.15. The highest BCUT2D eigenvalue weighted by Gasteiger charge is 2.20. The highest BCUT2D eigenvalue weighted by atomic mass is 35.5. The average molecular weight is 306 g/mol. The second-order valence-corrected chi connectivity index (χ2v) is 5.34. The molecule has 0 aliphatic rings. The van der Waals surface area contributed by atoms with Crippen molar-refractivity contribution in [2.75, 3.05) is 13.7 Å². The van der Waals surface area contributed by atoms with Crippen LogP contribution in [0.2, 0.25) is 5.02 Å². The van der Waals surface area contributed by atoms with Crippen molar-refractivity contribution in [2.45, 2.75) is 26.8 Å². The summed E-state index contributed by atoms with van der Waals surface area (Å²) in [4.78, 5) is 0. The number of nitrogens with zero attached hydrogens (tertiary/aromatic N) is 2. The minimum Gasteiger partial charge on any atom is -0.496 e. The summed E-state index contributed by atoms with van der Waals surface area (Å²) in [5.41, 5.74) is 3.88. The molecule has 112 valence electrons. The molecule has 0 radical (unpaired) electrons. The van der Waals surface area contributed by atoms with E-state index in [1.54, 1.807) is 7.11 Å². The maximum atomic E-state index is 6.17. The van der Waals surface area contributed by atoms with Crippen molar-refractivity contribution in [1.82, 2.24) is 15.5 Å². The molecule has 21 heavy (non-hydrogen) atoms. The van der Waals surface area contributed by atoms with Crippen LogP contribution in [0.5, 0.6) is 5.75 Å². The van der Waals surface area contributed by atoms with Crippen LogP contribution >= 0.6 is 11.6 Å². The molecule has 4 nitrogen and oxygen atoms in total. The van der Waals surface area contributed by atoms with Gasteiger partial charge in [0.05, 0.1) is 24.5 Å². The summed E-state index contributed by atoms with van der Waals surface area (Å²) < 4.78 is 5.48. The van der Waals surface area contributed by atoms with E-state index in [2.05, 4.69) is 28.5 Å².